The summed E-state index contributed by atoms with van der Waals surface area (Å²) in [6.07, 6.45) is 1.24. The molecule has 0 atom stereocenters. The second-order valence-corrected chi connectivity index (χ2v) is 5.38. The van der Waals surface area contributed by atoms with Crippen molar-refractivity contribution in [1.82, 2.24) is 5.32 Å². The number of hydrogen-bond acceptors (Lipinski definition) is 2. The molecule has 1 N–H and O–H groups in total. The van der Waals surface area contributed by atoms with Gasteiger partial charge in [0.1, 0.15) is 0 Å². The molecule has 0 bridgehead atoms. The first-order chi connectivity index (χ1) is 9.08. The van der Waals surface area contributed by atoms with E-state index >= 15 is 0 Å². The minimum Gasteiger partial charge on any atom is -0.381 e. The average molecular weight is 284 g/mol. The molecule has 0 saturated carbocycles. The Morgan fingerprint density at radius 1 is 1.32 bits per heavy atom. The number of halogens is 1. The molecular formula is C15H22ClNO2. The maximum absolute atomic E-state index is 11.5. The van der Waals surface area contributed by atoms with Crippen LogP contribution in [0.1, 0.15) is 25.8 Å². The van der Waals surface area contributed by atoms with Crippen LogP contribution in [0.3, 0.4) is 0 Å². The number of rotatable bonds is 8. The quantitative estimate of drug-likeness (QED) is 0.745. The van der Waals surface area contributed by atoms with Gasteiger partial charge >= 0.3 is 0 Å². The zero-order valence-electron chi connectivity index (χ0n) is 11.6. The van der Waals surface area contributed by atoms with Gasteiger partial charge in [-0.1, -0.05) is 37.6 Å². The van der Waals surface area contributed by atoms with E-state index in [1.807, 2.05) is 24.3 Å². The van der Waals surface area contributed by atoms with Gasteiger partial charge in [0, 0.05) is 24.6 Å². The lowest BCUT2D eigenvalue weighted by Gasteiger charge is -2.07. The standard InChI is InChI=1S/C15H22ClNO2/c1-12(2)11-19-10-8-15(18)17-9-7-13-3-5-14(16)6-4-13/h3-6,12H,7-11H2,1-2H3,(H,17,18). The highest BCUT2D eigenvalue weighted by molar-refractivity contribution is 6.30. The Kier molecular flexibility index (Phi) is 7.53. The Labute approximate surface area is 120 Å². The lowest BCUT2D eigenvalue weighted by atomic mass is 10.1. The molecule has 0 aliphatic heterocycles. The van der Waals surface area contributed by atoms with E-state index in [0.29, 0.717) is 32.1 Å². The summed E-state index contributed by atoms with van der Waals surface area (Å²) < 4.78 is 5.37. The summed E-state index contributed by atoms with van der Waals surface area (Å²) in [4.78, 5) is 11.5. The van der Waals surface area contributed by atoms with Crippen LogP contribution in [0, 0.1) is 5.92 Å². The first-order valence-corrected chi connectivity index (χ1v) is 7.04. The minimum atomic E-state index is 0.0396. The van der Waals surface area contributed by atoms with Crippen molar-refractivity contribution >= 4 is 17.5 Å². The Morgan fingerprint density at radius 2 is 2.00 bits per heavy atom. The van der Waals surface area contributed by atoms with Gasteiger partial charge in [0.15, 0.2) is 0 Å². The van der Waals surface area contributed by atoms with Crippen LogP contribution < -0.4 is 5.32 Å². The molecule has 1 aromatic rings. The lowest BCUT2D eigenvalue weighted by molar-refractivity contribution is -0.122. The molecule has 0 fully saturated rings. The van der Waals surface area contributed by atoms with Gasteiger partial charge in [-0.25, -0.2) is 0 Å². The van der Waals surface area contributed by atoms with Crippen molar-refractivity contribution in [2.45, 2.75) is 26.7 Å². The molecule has 0 saturated heterocycles. The third-order valence-corrected chi connectivity index (χ3v) is 2.83. The molecule has 106 valence electrons. The fraction of sp³-hybridized carbons (Fsp3) is 0.533. The molecule has 1 rings (SSSR count). The first kappa shape index (κ1) is 16.0. The molecule has 0 aliphatic rings. The van der Waals surface area contributed by atoms with Crippen LogP contribution in [0.25, 0.3) is 0 Å². The maximum atomic E-state index is 11.5. The van der Waals surface area contributed by atoms with Crippen molar-refractivity contribution in [3.63, 3.8) is 0 Å². The van der Waals surface area contributed by atoms with Crippen LogP contribution in [0.15, 0.2) is 24.3 Å². The molecule has 0 spiro atoms. The number of amides is 1. The second kappa shape index (κ2) is 8.94. The summed E-state index contributed by atoms with van der Waals surface area (Å²) in [6.45, 7) is 6.02. The normalized spacial score (nSPS) is 10.7. The highest BCUT2D eigenvalue weighted by Gasteiger charge is 2.02. The molecule has 3 nitrogen and oxygen atoms in total. The Morgan fingerprint density at radius 3 is 2.63 bits per heavy atom. The van der Waals surface area contributed by atoms with Gasteiger partial charge in [-0.3, -0.25) is 4.79 Å². The van der Waals surface area contributed by atoms with Crippen molar-refractivity contribution < 1.29 is 9.53 Å². The number of benzene rings is 1. The number of nitrogens with one attached hydrogen (secondary N) is 1. The SMILES string of the molecule is CC(C)COCCC(=O)NCCc1ccc(Cl)cc1. The smallest absolute Gasteiger partial charge is 0.222 e. The lowest BCUT2D eigenvalue weighted by Crippen LogP contribution is -2.26. The fourth-order valence-electron chi connectivity index (χ4n) is 1.57. The van der Waals surface area contributed by atoms with Crippen molar-refractivity contribution in [3.8, 4) is 0 Å². The van der Waals surface area contributed by atoms with Gasteiger partial charge in [-0.2, -0.15) is 0 Å². The van der Waals surface area contributed by atoms with Crippen molar-refractivity contribution in [1.29, 1.82) is 0 Å². The van der Waals surface area contributed by atoms with E-state index in [9.17, 15) is 4.79 Å². The van der Waals surface area contributed by atoms with Gasteiger partial charge in [0.25, 0.3) is 0 Å². The molecule has 0 radical (unpaired) electrons. The molecule has 0 aromatic heterocycles. The molecule has 0 aliphatic carbocycles. The van der Waals surface area contributed by atoms with Crippen LogP contribution in [-0.2, 0) is 16.0 Å². The summed E-state index contributed by atoms with van der Waals surface area (Å²) >= 11 is 5.81. The van der Waals surface area contributed by atoms with E-state index in [1.54, 1.807) is 0 Å². The van der Waals surface area contributed by atoms with Gasteiger partial charge in [-0.05, 0) is 30.0 Å². The molecular weight excluding hydrogens is 262 g/mol. The van der Waals surface area contributed by atoms with E-state index in [2.05, 4.69) is 19.2 Å². The van der Waals surface area contributed by atoms with E-state index in [4.69, 9.17) is 16.3 Å². The fourth-order valence-corrected chi connectivity index (χ4v) is 1.70. The predicted octanol–water partition coefficient (Wildman–Crippen LogP) is 3.06. The van der Waals surface area contributed by atoms with Crippen LogP contribution >= 0.6 is 11.6 Å². The monoisotopic (exact) mass is 283 g/mol. The summed E-state index contributed by atoms with van der Waals surface area (Å²) in [7, 11) is 0. The largest absolute Gasteiger partial charge is 0.381 e. The third-order valence-electron chi connectivity index (χ3n) is 2.57. The van der Waals surface area contributed by atoms with Crippen molar-refractivity contribution in [2.75, 3.05) is 19.8 Å². The van der Waals surface area contributed by atoms with Crippen LogP contribution in [0.5, 0.6) is 0 Å². The van der Waals surface area contributed by atoms with Crippen LogP contribution in [-0.4, -0.2) is 25.7 Å². The molecule has 0 heterocycles. The molecule has 0 unspecified atom stereocenters. The maximum Gasteiger partial charge on any atom is 0.222 e. The van der Waals surface area contributed by atoms with Crippen LogP contribution in [0.4, 0.5) is 0 Å². The molecule has 19 heavy (non-hydrogen) atoms. The summed E-state index contributed by atoms with van der Waals surface area (Å²) in [6, 6.07) is 7.66. The third kappa shape index (κ3) is 7.85. The van der Waals surface area contributed by atoms with Crippen molar-refractivity contribution in [3.05, 3.63) is 34.9 Å². The molecule has 1 amide bonds. The van der Waals surface area contributed by atoms with E-state index < -0.39 is 0 Å². The number of carbonyl (C=O) groups excluding carboxylic acids is 1. The zero-order chi connectivity index (χ0) is 14.1. The minimum absolute atomic E-state index is 0.0396. The predicted molar refractivity (Wildman–Crippen MR) is 78.4 cm³/mol. The molecule has 1 aromatic carbocycles. The van der Waals surface area contributed by atoms with Gasteiger partial charge in [0.05, 0.1) is 6.61 Å². The summed E-state index contributed by atoms with van der Waals surface area (Å²) in [5, 5.41) is 3.61. The Hall–Kier alpha value is -1.06. The van der Waals surface area contributed by atoms with E-state index in [0.717, 1.165) is 11.4 Å². The highest BCUT2D eigenvalue weighted by atomic mass is 35.5. The highest BCUT2D eigenvalue weighted by Crippen LogP contribution is 2.09. The van der Waals surface area contributed by atoms with Crippen molar-refractivity contribution in [2.24, 2.45) is 5.92 Å². The zero-order valence-corrected chi connectivity index (χ0v) is 12.4. The van der Waals surface area contributed by atoms with E-state index in [1.165, 1.54) is 5.56 Å². The number of carbonyl (C=O) groups is 1. The van der Waals surface area contributed by atoms with Gasteiger partial charge in [0.2, 0.25) is 5.91 Å². The first-order valence-electron chi connectivity index (χ1n) is 6.67. The summed E-state index contributed by atoms with van der Waals surface area (Å²) in [5.41, 5.74) is 1.17. The van der Waals surface area contributed by atoms with E-state index in [-0.39, 0.29) is 5.91 Å². The van der Waals surface area contributed by atoms with Gasteiger partial charge < -0.3 is 10.1 Å². The Balaban J connectivity index is 2.08. The number of ether oxygens (including phenoxy) is 1. The van der Waals surface area contributed by atoms with Gasteiger partial charge in [-0.15, -0.1) is 0 Å². The Bertz CT molecular complexity index is 376. The molecule has 4 heteroatoms. The summed E-state index contributed by atoms with van der Waals surface area (Å²) in [5.74, 6) is 0.547. The average Bonchev–Trinajstić information content (AvgIpc) is 2.37. The topological polar surface area (TPSA) is 38.3 Å². The van der Waals surface area contributed by atoms with Crippen LogP contribution in [0.2, 0.25) is 5.02 Å². The number of hydrogen-bond donors (Lipinski definition) is 1. The second-order valence-electron chi connectivity index (χ2n) is 4.95.